The van der Waals surface area contributed by atoms with Gasteiger partial charge in [0.2, 0.25) is 11.8 Å². The Balaban J connectivity index is 1.70. The highest BCUT2D eigenvalue weighted by Crippen LogP contribution is 2.28. The number of nitrogens with zero attached hydrogens (tertiary/aromatic N) is 2. The normalized spacial score (nSPS) is 13.4. The SMILES string of the molecule is Cc1nc(NC(=O)Cc2ccc3c(c2)CC(=O)N3C)sc1C. The van der Waals surface area contributed by atoms with Gasteiger partial charge in [0.15, 0.2) is 5.13 Å². The van der Waals surface area contributed by atoms with Crippen molar-refractivity contribution in [3.05, 3.63) is 39.9 Å². The van der Waals surface area contributed by atoms with Crippen molar-refractivity contribution >= 4 is 34.0 Å². The van der Waals surface area contributed by atoms with Crippen LogP contribution in [0.5, 0.6) is 0 Å². The highest BCUT2D eigenvalue weighted by Gasteiger charge is 2.24. The molecule has 2 heterocycles. The first-order valence-electron chi connectivity index (χ1n) is 7.06. The van der Waals surface area contributed by atoms with Gasteiger partial charge in [-0.05, 0) is 31.0 Å². The predicted octanol–water partition coefficient (Wildman–Crippen LogP) is 2.46. The lowest BCUT2D eigenvalue weighted by Gasteiger charge is -2.10. The average Bonchev–Trinajstić information content (AvgIpc) is 2.90. The smallest absolute Gasteiger partial charge is 0.231 e. The molecule has 1 N–H and O–H groups in total. The zero-order valence-corrected chi connectivity index (χ0v) is 13.6. The number of hydrogen-bond acceptors (Lipinski definition) is 4. The number of hydrogen-bond donors (Lipinski definition) is 1. The van der Waals surface area contributed by atoms with Gasteiger partial charge in [-0.1, -0.05) is 12.1 Å². The van der Waals surface area contributed by atoms with Crippen molar-refractivity contribution < 1.29 is 9.59 Å². The number of aromatic nitrogens is 1. The first-order chi connectivity index (χ1) is 10.4. The zero-order valence-electron chi connectivity index (χ0n) is 12.8. The van der Waals surface area contributed by atoms with E-state index in [-0.39, 0.29) is 18.2 Å². The monoisotopic (exact) mass is 315 g/mol. The molecule has 5 nitrogen and oxygen atoms in total. The summed E-state index contributed by atoms with van der Waals surface area (Å²) in [6.45, 7) is 3.91. The van der Waals surface area contributed by atoms with Crippen LogP contribution in [0.2, 0.25) is 0 Å². The van der Waals surface area contributed by atoms with E-state index in [4.69, 9.17) is 0 Å². The van der Waals surface area contributed by atoms with Gasteiger partial charge in [-0.3, -0.25) is 9.59 Å². The van der Waals surface area contributed by atoms with Gasteiger partial charge >= 0.3 is 0 Å². The molecule has 1 aromatic carbocycles. The summed E-state index contributed by atoms with van der Waals surface area (Å²) in [6, 6.07) is 5.74. The number of fused-ring (bicyclic) bond motifs is 1. The third-order valence-electron chi connectivity index (χ3n) is 3.86. The summed E-state index contributed by atoms with van der Waals surface area (Å²) < 4.78 is 0. The molecule has 1 aromatic heterocycles. The molecule has 2 aromatic rings. The van der Waals surface area contributed by atoms with Gasteiger partial charge < -0.3 is 10.2 Å². The lowest BCUT2D eigenvalue weighted by Crippen LogP contribution is -2.20. The zero-order chi connectivity index (χ0) is 15.9. The number of anilines is 2. The molecular weight excluding hydrogens is 298 g/mol. The molecule has 2 amide bonds. The Morgan fingerprint density at radius 3 is 2.86 bits per heavy atom. The van der Waals surface area contributed by atoms with Gasteiger partial charge in [-0.25, -0.2) is 4.98 Å². The van der Waals surface area contributed by atoms with Crippen molar-refractivity contribution in [2.45, 2.75) is 26.7 Å². The van der Waals surface area contributed by atoms with Gasteiger partial charge in [0.1, 0.15) is 0 Å². The van der Waals surface area contributed by atoms with Crippen LogP contribution in [0.3, 0.4) is 0 Å². The second-order valence-electron chi connectivity index (χ2n) is 5.48. The Morgan fingerprint density at radius 2 is 2.18 bits per heavy atom. The fraction of sp³-hybridized carbons (Fsp3) is 0.312. The van der Waals surface area contributed by atoms with E-state index in [0.29, 0.717) is 11.6 Å². The van der Waals surface area contributed by atoms with Crippen LogP contribution >= 0.6 is 11.3 Å². The van der Waals surface area contributed by atoms with Gasteiger partial charge in [-0.2, -0.15) is 0 Å². The van der Waals surface area contributed by atoms with Crippen molar-refractivity contribution in [3.8, 4) is 0 Å². The molecule has 3 rings (SSSR count). The number of amides is 2. The second-order valence-corrected chi connectivity index (χ2v) is 6.68. The number of aryl methyl sites for hydroxylation is 2. The Bertz CT molecular complexity index is 747. The van der Waals surface area contributed by atoms with E-state index in [1.807, 2.05) is 32.0 Å². The summed E-state index contributed by atoms with van der Waals surface area (Å²) in [4.78, 5) is 30.9. The molecule has 0 fully saturated rings. The molecule has 0 spiro atoms. The molecule has 6 heteroatoms. The fourth-order valence-corrected chi connectivity index (χ4v) is 3.34. The van der Waals surface area contributed by atoms with Crippen molar-refractivity contribution in [1.29, 1.82) is 0 Å². The molecule has 1 aliphatic rings. The summed E-state index contributed by atoms with van der Waals surface area (Å²) in [6.07, 6.45) is 0.690. The molecule has 22 heavy (non-hydrogen) atoms. The van der Waals surface area contributed by atoms with Gasteiger partial charge in [0, 0.05) is 17.6 Å². The van der Waals surface area contributed by atoms with Crippen LogP contribution < -0.4 is 10.2 Å². The molecule has 0 atom stereocenters. The summed E-state index contributed by atoms with van der Waals surface area (Å²) in [5.41, 5.74) is 3.77. The summed E-state index contributed by atoms with van der Waals surface area (Å²) in [7, 11) is 1.77. The van der Waals surface area contributed by atoms with Crippen LogP contribution in [-0.4, -0.2) is 23.8 Å². The minimum atomic E-state index is -0.0913. The van der Waals surface area contributed by atoms with E-state index in [2.05, 4.69) is 10.3 Å². The van der Waals surface area contributed by atoms with Crippen LogP contribution in [0.15, 0.2) is 18.2 Å². The molecule has 114 valence electrons. The summed E-state index contributed by atoms with van der Waals surface area (Å²) in [5.74, 6) is -0.00304. The Hall–Kier alpha value is -2.21. The van der Waals surface area contributed by atoms with Crippen LogP contribution in [0.4, 0.5) is 10.8 Å². The van der Waals surface area contributed by atoms with Crippen molar-refractivity contribution in [2.24, 2.45) is 0 Å². The standard InChI is InChI=1S/C16H17N3O2S/c1-9-10(2)22-16(17-9)18-14(20)7-11-4-5-13-12(6-11)8-15(21)19(13)3/h4-6H,7-8H2,1-3H3,(H,17,18,20). The Kier molecular flexibility index (Phi) is 3.70. The van der Waals surface area contributed by atoms with Crippen LogP contribution in [0.25, 0.3) is 0 Å². The highest BCUT2D eigenvalue weighted by atomic mass is 32.1. The quantitative estimate of drug-likeness (QED) is 0.946. The van der Waals surface area contributed by atoms with E-state index in [1.165, 1.54) is 11.3 Å². The lowest BCUT2D eigenvalue weighted by molar-refractivity contribution is -0.117. The van der Waals surface area contributed by atoms with Gasteiger partial charge in [0.25, 0.3) is 0 Å². The molecule has 1 aliphatic heterocycles. The van der Waals surface area contributed by atoms with Crippen LogP contribution in [0.1, 0.15) is 21.7 Å². The predicted molar refractivity (Wildman–Crippen MR) is 87.5 cm³/mol. The number of likely N-dealkylation sites (N-methyl/N-ethyl adjacent to an activating group) is 1. The molecule has 0 radical (unpaired) electrons. The summed E-state index contributed by atoms with van der Waals surface area (Å²) >= 11 is 1.48. The number of nitrogens with one attached hydrogen (secondary N) is 1. The van der Waals surface area contributed by atoms with Crippen molar-refractivity contribution in [3.63, 3.8) is 0 Å². The van der Waals surface area contributed by atoms with E-state index in [0.717, 1.165) is 27.4 Å². The number of carbonyl (C=O) groups excluding carboxylic acids is 2. The minimum Gasteiger partial charge on any atom is -0.315 e. The van der Waals surface area contributed by atoms with Crippen molar-refractivity contribution in [2.75, 3.05) is 17.3 Å². The van der Waals surface area contributed by atoms with Gasteiger partial charge in [-0.15, -0.1) is 11.3 Å². The topological polar surface area (TPSA) is 62.3 Å². The Morgan fingerprint density at radius 1 is 1.41 bits per heavy atom. The van der Waals surface area contributed by atoms with E-state index >= 15 is 0 Å². The summed E-state index contributed by atoms with van der Waals surface area (Å²) in [5, 5.41) is 3.46. The molecule has 0 bridgehead atoms. The number of carbonyl (C=O) groups is 2. The van der Waals surface area contributed by atoms with Crippen LogP contribution in [0, 0.1) is 13.8 Å². The highest BCUT2D eigenvalue weighted by molar-refractivity contribution is 7.15. The lowest BCUT2D eigenvalue weighted by atomic mass is 10.1. The maximum absolute atomic E-state index is 12.1. The second kappa shape index (κ2) is 5.53. The van der Waals surface area contributed by atoms with E-state index in [1.54, 1.807) is 11.9 Å². The first-order valence-corrected chi connectivity index (χ1v) is 7.88. The molecular formula is C16H17N3O2S. The van der Waals surface area contributed by atoms with Gasteiger partial charge in [0.05, 0.1) is 18.5 Å². The maximum atomic E-state index is 12.1. The minimum absolute atomic E-state index is 0.0883. The molecule has 0 aliphatic carbocycles. The average molecular weight is 315 g/mol. The first kappa shape index (κ1) is 14.7. The Labute approximate surface area is 133 Å². The van der Waals surface area contributed by atoms with E-state index < -0.39 is 0 Å². The number of rotatable bonds is 3. The van der Waals surface area contributed by atoms with Crippen LogP contribution in [-0.2, 0) is 22.4 Å². The molecule has 0 saturated heterocycles. The fourth-order valence-electron chi connectivity index (χ4n) is 2.51. The third-order valence-corrected chi connectivity index (χ3v) is 4.85. The number of thiazole rings is 1. The number of benzene rings is 1. The largest absolute Gasteiger partial charge is 0.315 e. The van der Waals surface area contributed by atoms with E-state index in [9.17, 15) is 9.59 Å². The molecule has 0 unspecified atom stereocenters. The van der Waals surface area contributed by atoms with Crippen molar-refractivity contribution in [1.82, 2.24) is 4.98 Å². The maximum Gasteiger partial charge on any atom is 0.231 e. The third kappa shape index (κ3) is 2.74. The molecule has 0 saturated carbocycles.